The summed E-state index contributed by atoms with van der Waals surface area (Å²) in [4.78, 5) is 24.6. The fourth-order valence-corrected chi connectivity index (χ4v) is 2.13. The number of nitro benzene ring substituents is 1. The second-order valence-corrected chi connectivity index (χ2v) is 5.18. The molecular formula is C14H18N4O3. The molecule has 0 atom stereocenters. The first kappa shape index (κ1) is 15.1. The highest BCUT2D eigenvalue weighted by Crippen LogP contribution is 2.19. The number of benzene rings is 1. The van der Waals surface area contributed by atoms with E-state index in [-0.39, 0.29) is 11.3 Å². The van der Waals surface area contributed by atoms with Crippen molar-refractivity contribution in [3.05, 3.63) is 39.4 Å². The van der Waals surface area contributed by atoms with E-state index in [1.54, 1.807) is 19.1 Å². The standard InChI is InChI=1S/C14H18N4O3/c1-10-3-4-11(9-13(10)18(20)21)14(19)16-15-12-5-7-17(2)8-6-12/h3-4,9H,5-8H2,1-2H3,(H,16,19). The number of aryl methyl sites for hydroxylation is 1. The molecule has 1 aliphatic heterocycles. The molecule has 1 saturated heterocycles. The zero-order chi connectivity index (χ0) is 15.4. The average Bonchev–Trinajstić information content (AvgIpc) is 2.46. The molecule has 0 bridgehead atoms. The van der Waals surface area contributed by atoms with Gasteiger partial charge in [0.1, 0.15) is 0 Å². The molecule has 112 valence electrons. The van der Waals surface area contributed by atoms with Gasteiger partial charge in [-0.2, -0.15) is 5.10 Å². The Morgan fingerprint density at radius 3 is 2.67 bits per heavy atom. The van der Waals surface area contributed by atoms with E-state index in [0.29, 0.717) is 5.56 Å². The second-order valence-electron chi connectivity index (χ2n) is 5.18. The maximum atomic E-state index is 12.0. The average molecular weight is 290 g/mol. The molecule has 1 heterocycles. The molecule has 21 heavy (non-hydrogen) atoms. The van der Waals surface area contributed by atoms with Crippen LogP contribution in [0.1, 0.15) is 28.8 Å². The van der Waals surface area contributed by atoms with Gasteiger partial charge >= 0.3 is 0 Å². The third kappa shape index (κ3) is 3.85. The molecule has 0 aliphatic carbocycles. The maximum absolute atomic E-state index is 12.0. The molecule has 2 rings (SSSR count). The molecule has 7 heteroatoms. The van der Waals surface area contributed by atoms with Gasteiger partial charge in [0, 0.05) is 48.8 Å². The summed E-state index contributed by atoms with van der Waals surface area (Å²) < 4.78 is 0. The second kappa shape index (κ2) is 6.45. The molecule has 1 fully saturated rings. The molecule has 1 aromatic carbocycles. The number of amides is 1. The van der Waals surface area contributed by atoms with Crippen molar-refractivity contribution in [3.8, 4) is 0 Å². The van der Waals surface area contributed by atoms with Crippen LogP contribution in [-0.2, 0) is 0 Å². The number of nitrogens with zero attached hydrogens (tertiary/aromatic N) is 3. The molecule has 1 aliphatic rings. The van der Waals surface area contributed by atoms with Crippen molar-refractivity contribution in [1.29, 1.82) is 0 Å². The Balaban J connectivity index is 2.05. The van der Waals surface area contributed by atoms with Gasteiger partial charge in [-0.1, -0.05) is 6.07 Å². The van der Waals surface area contributed by atoms with E-state index in [4.69, 9.17) is 0 Å². The summed E-state index contributed by atoms with van der Waals surface area (Å²) in [5.41, 5.74) is 4.13. The van der Waals surface area contributed by atoms with Gasteiger partial charge in [-0.05, 0) is 20.0 Å². The first-order valence-corrected chi connectivity index (χ1v) is 6.76. The van der Waals surface area contributed by atoms with Crippen molar-refractivity contribution in [2.45, 2.75) is 19.8 Å². The Bertz CT molecular complexity index is 588. The van der Waals surface area contributed by atoms with Gasteiger partial charge in [0.15, 0.2) is 0 Å². The SMILES string of the molecule is Cc1ccc(C(=O)NN=C2CCN(C)CC2)cc1[N+](=O)[O-]. The first-order valence-electron chi connectivity index (χ1n) is 6.76. The van der Waals surface area contributed by atoms with Crippen molar-refractivity contribution in [3.63, 3.8) is 0 Å². The summed E-state index contributed by atoms with van der Waals surface area (Å²) in [6.07, 6.45) is 1.65. The Hall–Kier alpha value is -2.28. The third-order valence-electron chi connectivity index (χ3n) is 3.55. The van der Waals surface area contributed by atoms with Crippen LogP contribution in [0.15, 0.2) is 23.3 Å². The zero-order valence-corrected chi connectivity index (χ0v) is 12.1. The minimum Gasteiger partial charge on any atom is -0.306 e. The van der Waals surface area contributed by atoms with Crippen LogP contribution in [0.4, 0.5) is 5.69 Å². The number of piperidine rings is 1. The zero-order valence-electron chi connectivity index (χ0n) is 12.1. The van der Waals surface area contributed by atoms with E-state index < -0.39 is 10.8 Å². The predicted octanol–water partition coefficient (Wildman–Crippen LogP) is 1.71. The van der Waals surface area contributed by atoms with Gasteiger partial charge in [0.05, 0.1) is 4.92 Å². The number of rotatable bonds is 3. The van der Waals surface area contributed by atoms with Crippen LogP contribution in [0.2, 0.25) is 0 Å². The number of nitrogens with one attached hydrogen (secondary N) is 1. The van der Waals surface area contributed by atoms with E-state index in [1.807, 2.05) is 7.05 Å². The van der Waals surface area contributed by atoms with Gasteiger partial charge < -0.3 is 4.90 Å². The number of nitro groups is 1. The summed E-state index contributed by atoms with van der Waals surface area (Å²) >= 11 is 0. The third-order valence-corrected chi connectivity index (χ3v) is 3.55. The van der Waals surface area contributed by atoms with Gasteiger partial charge in [-0.3, -0.25) is 14.9 Å². The number of likely N-dealkylation sites (tertiary alicyclic amines) is 1. The quantitative estimate of drug-likeness (QED) is 0.678. The van der Waals surface area contributed by atoms with Crippen molar-refractivity contribution >= 4 is 17.3 Å². The van der Waals surface area contributed by atoms with Crippen LogP contribution in [0, 0.1) is 17.0 Å². The molecular weight excluding hydrogens is 272 g/mol. The summed E-state index contributed by atoms with van der Waals surface area (Å²) in [6.45, 7) is 3.48. The van der Waals surface area contributed by atoms with Crippen LogP contribution in [-0.4, -0.2) is 41.6 Å². The maximum Gasteiger partial charge on any atom is 0.273 e. The molecule has 1 aromatic rings. The predicted molar refractivity (Wildman–Crippen MR) is 79.5 cm³/mol. The van der Waals surface area contributed by atoms with Crippen molar-refractivity contribution < 1.29 is 9.72 Å². The van der Waals surface area contributed by atoms with Crippen LogP contribution in [0.5, 0.6) is 0 Å². The highest BCUT2D eigenvalue weighted by atomic mass is 16.6. The first-order chi connectivity index (χ1) is 9.97. The molecule has 7 nitrogen and oxygen atoms in total. The fraction of sp³-hybridized carbons (Fsp3) is 0.429. The topological polar surface area (TPSA) is 87.8 Å². The van der Waals surface area contributed by atoms with Crippen molar-refractivity contribution in [1.82, 2.24) is 10.3 Å². The minimum atomic E-state index is -0.491. The Morgan fingerprint density at radius 1 is 1.38 bits per heavy atom. The monoisotopic (exact) mass is 290 g/mol. The fourth-order valence-electron chi connectivity index (χ4n) is 2.13. The van der Waals surface area contributed by atoms with Gasteiger partial charge in [0.2, 0.25) is 0 Å². The lowest BCUT2D eigenvalue weighted by atomic mass is 10.1. The lowest BCUT2D eigenvalue weighted by Gasteiger charge is -2.22. The van der Waals surface area contributed by atoms with E-state index in [1.165, 1.54) is 6.07 Å². The number of hydrogen-bond acceptors (Lipinski definition) is 5. The number of hydrogen-bond donors (Lipinski definition) is 1. The number of carbonyl (C=O) groups excluding carboxylic acids is 1. The van der Waals surface area contributed by atoms with Crippen LogP contribution in [0.3, 0.4) is 0 Å². The minimum absolute atomic E-state index is 0.0606. The Labute approximate surface area is 122 Å². The highest BCUT2D eigenvalue weighted by Gasteiger charge is 2.15. The van der Waals surface area contributed by atoms with E-state index in [9.17, 15) is 14.9 Å². The molecule has 0 radical (unpaired) electrons. The van der Waals surface area contributed by atoms with Gasteiger partial charge in [0.25, 0.3) is 11.6 Å². The lowest BCUT2D eigenvalue weighted by molar-refractivity contribution is -0.385. The number of hydrazone groups is 1. The van der Waals surface area contributed by atoms with E-state index in [2.05, 4.69) is 15.4 Å². The van der Waals surface area contributed by atoms with E-state index in [0.717, 1.165) is 31.6 Å². The van der Waals surface area contributed by atoms with Gasteiger partial charge in [-0.25, -0.2) is 5.43 Å². The molecule has 1 amide bonds. The molecule has 0 aromatic heterocycles. The Kier molecular flexibility index (Phi) is 4.64. The summed E-state index contributed by atoms with van der Waals surface area (Å²) in [7, 11) is 2.04. The normalized spacial score (nSPS) is 15.6. The van der Waals surface area contributed by atoms with Crippen LogP contribution >= 0.6 is 0 Å². The van der Waals surface area contributed by atoms with E-state index >= 15 is 0 Å². The highest BCUT2D eigenvalue weighted by molar-refractivity contribution is 5.96. The Morgan fingerprint density at radius 2 is 2.05 bits per heavy atom. The molecule has 0 saturated carbocycles. The number of carbonyl (C=O) groups is 1. The summed E-state index contributed by atoms with van der Waals surface area (Å²) in [5, 5.41) is 15.0. The summed E-state index contributed by atoms with van der Waals surface area (Å²) in [6, 6.07) is 4.40. The molecule has 1 N–H and O–H groups in total. The summed E-state index contributed by atoms with van der Waals surface area (Å²) in [5.74, 6) is -0.426. The largest absolute Gasteiger partial charge is 0.306 e. The van der Waals surface area contributed by atoms with Crippen LogP contribution in [0.25, 0.3) is 0 Å². The van der Waals surface area contributed by atoms with Crippen LogP contribution < -0.4 is 5.43 Å². The lowest BCUT2D eigenvalue weighted by Crippen LogP contribution is -2.32. The smallest absolute Gasteiger partial charge is 0.273 e. The van der Waals surface area contributed by atoms with Crippen molar-refractivity contribution in [2.75, 3.05) is 20.1 Å². The van der Waals surface area contributed by atoms with Crippen molar-refractivity contribution in [2.24, 2.45) is 5.10 Å². The van der Waals surface area contributed by atoms with Gasteiger partial charge in [-0.15, -0.1) is 0 Å². The molecule has 0 unspecified atom stereocenters. The molecule has 0 spiro atoms.